The third kappa shape index (κ3) is 2.08. The lowest BCUT2D eigenvalue weighted by atomic mass is 10.0. The summed E-state index contributed by atoms with van der Waals surface area (Å²) in [6, 6.07) is 3.74. The van der Waals surface area contributed by atoms with Crippen molar-refractivity contribution in [1.29, 1.82) is 0 Å². The van der Waals surface area contributed by atoms with Crippen molar-refractivity contribution < 1.29 is 4.79 Å². The maximum Gasteiger partial charge on any atom is 0.255 e. The van der Waals surface area contributed by atoms with Crippen LogP contribution in [-0.2, 0) is 0 Å². The Hall–Kier alpha value is -1.38. The van der Waals surface area contributed by atoms with E-state index in [1.54, 1.807) is 6.20 Å². The van der Waals surface area contributed by atoms with Crippen LogP contribution in [0.1, 0.15) is 29.9 Å². The van der Waals surface area contributed by atoms with Crippen molar-refractivity contribution in [3.63, 3.8) is 0 Å². The molecule has 0 saturated carbocycles. The molecule has 2 heterocycles. The van der Waals surface area contributed by atoms with Gasteiger partial charge >= 0.3 is 0 Å². The molecular weight excluding hydrogens is 200 g/mol. The van der Waals surface area contributed by atoms with Crippen molar-refractivity contribution in [2.45, 2.75) is 20.8 Å². The predicted molar refractivity (Wildman–Crippen MR) is 63.2 cm³/mol. The van der Waals surface area contributed by atoms with Crippen LogP contribution in [0.4, 0.5) is 0 Å². The summed E-state index contributed by atoms with van der Waals surface area (Å²) in [5, 5.41) is 0. The Balaban J connectivity index is 2.11. The summed E-state index contributed by atoms with van der Waals surface area (Å²) >= 11 is 0. The number of rotatable bonds is 1. The zero-order valence-corrected chi connectivity index (χ0v) is 10.1. The van der Waals surface area contributed by atoms with Crippen molar-refractivity contribution in [2.24, 2.45) is 11.8 Å². The molecule has 0 aliphatic carbocycles. The number of nitrogens with zero attached hydrogens (tertiary/aromatic N) is 2. The maximum atomic E-state index is 12.1. The number of pyridine rings is 1. The molecule has 16 heavy (non-hydrogen) atoms. The molecule has 2 atom stereocenters. The molecule has 0 aromatic carbocycles. The molecule has 1 saturated heterocycles. The lowest BCUT2D eigenvalue weighted by molar-refractivity contribution is 0.0784. The van der Waals surface area contributed by atoms with Gasteiger partial charge in [-0.1, -0.05) is 13.8 Å². The van der Waals surface area contributed by atoms with Crippen LogP contribution in [0.3, 0.4) is 0 Å². The number of hydrogen-bond acceptors (Lipinski definition) is 2. The number of aryl methyl sites for hydroxylation is 1. The first-order valence-electron chi connectivity index (χ1n) is 5.80. The van der Waals surface area contributed by atoms with Gasteiger partial charge in [0.2, 0.25) is 0 Å². The first-order chi connectivity index (χ1) is 7.58. The van der Waals surface area contributed by atoms with Gasteiger partial charge in [-0.05, 0) is 30.9 Å². The lowest BCUT2D eigenvalue weighted by Crippen LogP contribution is -2.28. The number of likely N-dealkylation sites (tertiary alicyclic amines) is 1. The van der Waals surface area contributed by atoms with Gasteiger partial charge in [-0.25, -0.2) is 0 Å². The summed E-state index contributed by atoms with van der Waals surface area (Å²) in [6.45, 7) is 8.06. The molecule has 1 aliphatic rings. The second kappa shape index (κ2) is 4.24. The molecule has 0 spiro atoms. The fourth-order valence-electron chi connectivity index (χ4n) is 2.07. The van der Waals surface area contributed by atoms with E-state index in [-0.39, 0.29) is 5.91 Å². The fourth-order valence-corrected chi connectivity index (χ4v) is 2.07. The van der Waals surface area contributed by atoms with Crippen LogP contribution in [0.15, 0.2) is 18.3 Å². The highest BCUT2D eigenvalue weighted by Crippen LogP contribution is 2.23. The third-order valence-corrected chi connectivity index (χ3v) is 3.43. The number of aromatic nitrogens is 1. The van der Waals surface area contributed by atoms with Gasteiger partial charge in [-0.3, -0.25) is 9.78 Å². The average molecular weight is 218 g/mol. The molecule has 0 N–H and O–H groups in total. The van der Waals surface area contributed by atoms with Gasteiger partial charge in [-0.2, -0.15) is 0 Å². The molecule has 1 amide bonds. The Labute approximate surface area is 96.5 Å². The smallest absolute Gasteiger partial charge is 0.255 e. The SMILES string of the molecule is Cc1ccc(C(=O)N2CC(C)C(C)C2)cn1. The van der Waals surface area contributed by atoms with Crippen molar-refractivity contribution >= 4 is 5.91 Å². The standard InChI is InChI=1S/C13H18N2O/c1-9-7-15(8-10(9)2)13(16)12-5-4-11(3)14-6-12/h4-6,9-10H,7-8H2,1-3H3. The molecule has 1 aromatic heterocycles. The van der Waals surface area contributed by atoms with Gasteiger partial charge in [0.15, 0.2) is 0 Å². The molecule has 0 bridgehead atoms. The topological polar surface area (TPSA) is 33.2 Å². The first-order valence-corrected chi connectivity index (χ1v) is 5.80. The van der Waals surface area contributed by atoms with Crippen LogP contribution in [0, 0.1) is 18.8 Å². The minimum atomic E-state index is 0.115. The third-order valence-electron chi connectivity index (χ3n) is 3.43. The maximum absolute atomic E-state index is 12.1. The summed E-state index contributed by atoms with van der Waals surface area (Å²) in [7, 11) is 0. The van der Waals surface area contributed by atoms with E-state index in [4.69, 9.17) is 0 Å². The summed E-state index contributed by atoms with van der Waals surface area (Å²) in [5.41, 5.74) is 1.65. The molecule has 1 aliphatic heterocycles. The van der Waals surface area contributed by atoms with E-state index in [9.17, 15) is 4.79 Å². The molecule has 3 heteroatoms. The van der Waals surface area contributed by atoms with E-state index in [1.165, 1.54) is 0 Å². The van der Waals surface area contributed by atoms with Crippen LogP contribution < -0.4 is 0 Å². The van der Waals surface area contributed by atoms with Crippen LogP contribution >= 0.6 is 0 Å². The highest BCUT2D eigenvalue weighted by atomic mass is 16.2. The van der Waals surface area contributed by atoms with Crippen LogP contribution in [-0.4, -0.2) is 28.9 Å². The Kier molecular flexibility index (Phi) is 2.95. The highest BCUT2D eigenvalue weighted by Gasteiger charge is 2.29. The molecule has 3 nitrogen and oxygen atoms in total. The van der Waals surface area contributed by atoms with Gasteiger partial charge in [0, 0.05) is 25.0 Å². The number of carbonyl (C=O) groups is 1. The first kappa shape index (κ1) is 11.1. The summed E-state index contributed by atoms with van der Waals surface area (Å²) < 4.78 is 0. The van der Waals surface area contributed by atoms with E-state index in [2.05, 4.69) is 18.8 Å². The normalized spacial score (nSPS) is 24.8. The lowest BCUT2D eigenvalue weighted by Gasteiger charge is -2.15. The molecule has 86 valence electrons. The summed E-state index contributed by atoms with van der Waals surface area (Å²) in [6.07, 6.45) is 1.67. The Morgan fingerprint density at radius 2 is 1.94 bits per heavy atom. The summed E-state index contributed by atoms with van der Waals surface area (Å²) in [5.74, 6) is 1.31. The zero-order valence-electron chi connectivity index (χ0n) is 10.1. The zero-order chi connectivity index (χ0) is 11.7. The highest BCUT2D eigenvalue weighted by molar-refractivity contribution is 5.94. The van der Waals surface area contributed by atoms with Gasteiger partial charge in [0.25, 0.3) is 5.91 Å². The van der Waals surface area contributed by atoms with Crippen molar-refractivity contribution in [2.75, 3.05) is 13.1 Å². The van der Waals surface area contributed by atoms with E-state index < -0.39 is 0 Å². The minimum absolute atomic E-state index is 0.115. The number of amides is 1. The van der Waals surface area contributed by atoms with E-state index in [1.807, 2.05) is 24.0 Å². The molecule has 0 radical (unpaired) electrons. The molecule has 2 unspecified atom stereocenters. The number of hydrogen-bond donors (Lipinski definition) is 0. The van der Waals surface area contributed by atoms with Crippen LogP contribution in [0.5, 0.6) is 0 Å². The molecule has 1 aromatic rings. The van der Waals surface area contributed by atoms with Crippen molar-refractivity contribution in [1.82, 2.24) is 9.88 Å². The van der Waals surface area contributed by atoms with Crippen LogP contribution in [0.2, 0.25) is 0 Å². The minimum Gasteiger partial charge on any atom is -0.338 e. The second-order valence-corrected chi connectivity index (χ2v) is 4.85. The predicted octanol–water partition coefficient (Wildman–Crippen LogP) is 2.12. The van der Waals surface area contributed by atoms with Gasteiger partial charge < -0.3 is 4.90 Å². The largest absolute Gasteiger partial charge is 0.338 e. The van der Waals surface area contributed by atoms with Crippen molar-refractivity contribution in [3.05, 3.63) is 29.6 Å². The molecule has 1 fully saturated rings. The number of carbonyl (C=O) groups excluding carboxylic acids is 1. The summed E-state index contributed by atoms with van der Waals surface area (Å²) in [4.78, 5) is 18.2. The Morgan fingerprint density at radius 3 is 2.44 bits per heavy atom. The average Bonchev–Trinajstić information content (AvgIpc) is 2.59. The quantitative estimate of drug-likeness (QED) is 0.723. The van der Waals surface area contributed by atoms with E-state index in [0.717, 1.165) is 18.8 Å². The Morgan fingerprint density at radius 1 is 1.31 bits per heavy atom. The van der Waals surface area contributed by atoms with Crippen LogP contribution in [0.25, 0.3) is 0 Å². The molecule has 2 rings (SSSR count). The molecular formula is C13H18N2O. The van der Waals surface area contributed by atoms with E-state index in [0.29, 0.717) is 17.4 Å². The second-order valence-electron chi connectivity index (χ2n) is 4.85. The fraction of sp³-hybridized carbons (Fsp3) is 0.538. The monoisotopic (exact) mass is 218 g/mol. The Bertz CT molecular complexity index is 375. The van der Waals surface area contributed by atoms with Crippen molar-refractivity contribution in [3.8, 4) is 0 Å². The van der Waals surface area contributed by atoms with Gasteiger partial charge in [-0.15, -0.1) is 0 Å². The van der Waals surface area contributed by atoms with Gasteiger partial charge in [0.1, 0.15) is 0 Å². The van der Waals surface area contributed by atoms with E-state index >= 15 is 0 Å². The van der Waals surface area contributed by atoms with Gasteiger partial charge in [0.05, 0.1) is 5.56 Å².